The summed E-state index contributed by atoms with van der Waals surface area (Å²) in [7, 11) is 0. The van der Waals surface area contributed by atoms with E-state index in [4.69, 9.17) is 9.72 Å². The minimum atomic E-state index is -0.457. The van der Waals surface area contributed by atoms with Crippen molar-refractivity contribution in [3.8, 4) is 0 Å². The normalized spacial score (nSPS) is 16.2. The third-order valence-electron chi connectivity index (χ3n) is 5.14. The Morgan fingerprint density at radius 2 is 1.83 bits per heavy atom. The summed E-state index contributed by atoms with van der Waals surface area (Å²) in [6.07, 6.45) is -0.457. The lowest BCUT2D eigenvalue weighted by Crippen LogP contribution is -3.15. The molecule has 1 aromatic heterocycles. The first-order chi connectivity index (χ1) is 14.2. The highest BCUT2D eigenvalue weighted by atomic mass is 32.2. The van der Waals surface area contributed by atoms with Gasteiger partial charge in [0, 0.05) is 5.75 Å². The summed E-state index contributed by atoms with van der Waals surface area (Å²) in [5, 5.41) is 11.8. The Morgan fingerprint density at radius 3 is 2.62 bits per heavy atom. The number of aliphatic hydroxyl groups is 1. The number of ether oxygens (including phenoxy) is 1. The summed E-state index contributed by atoms with van der Waals surface area (Å²) in [5.74, 6) is 0.504. The van der Waals surface area contributed by atoms with Crippen LogP contribution in [0.15, 0.2) is 64.5 Å². The summed E-state index contributed by atoms with van der Waals surface area (Å²) in [5.41, 5.74) is 1.69. The number of thioether (sulfide) groups is 1. The number of para-hydroxylation sites is 1. The molecular weight excluding hydrogens is 386 g/mol. The molecule has 29 heavy (non-hydrogen) atoms. The smallest absolute Gasteiger partial charge is 0.262 e. The quantitative estimate of drug-likeness (QED) is 0.444. The van der Waals surface area contributed by atoms with Gasteiger partial charge in [-0.25, -0.2) is 4.98 Å². The molecule has 2 aromatic carbocycles. The van der Waals surface area contributed by atoms with E-state index in [2.05, 4.69) is 0 Å². The van der Waals surface area contributed by atoms with Gasteiger partial charge in [-0.05, 0) is 17.7 Å². The number of aromatic nitrogens is 2. The molecule has 2 N–H and O–H groups in total. The molecule has 152 valence electrons. The number of quaternary nitrogens is 1. The fourth-order valence-corrected chi connectivity index (χ4v) is 4.52. The second kappa shape index (κ2) is 9.54. The van der Waals surface area contributed by atoms with Crippen molar-refractivity contribution >= 4 is 22.7 Å². The molecule has 2 heterocycles. The van der Waals surface area contributed by atoms with Crippen molar-refractivity contribution in [3.05, 3.63) is 70.5 Å². The van der Waals surface area contributed by atoms with Crippen molar-refractivity contribution in [2.24, 2.45) is 0 Å². The predicted octanol–water partition coefficient (Wildman–Crippen LogP) is 0.813. The topological polar surface area (TPSA) is 68.8 Å². The molecule has 0 amide bonds. The molecule has 6 nitrogen and oxygen atoms in total. The third kappa shape index (κ3) is 5.05. The monoisotopic (exact) mass is 412 g/mol. The highest BCUT2D eigenvalue weighted by molar-refractivity contribution is 7.99. The van der Waals surface area contributed by atoms with Crippen molar-refractivity contribution in [1.82, 2.24) is 9.55 Å². The van der Waals surface area contributed by atoms with Gasteiger partial charge < -0.3 is 14.7 Å². The van der Waals surface area contributed by atoms with Crippen LogP contribution in [-0.2, 0) is 11.3 Å². The average molecular weight is 413 g/mol. The van der Waals surface area contributed by atoms with Gasteiger partial charge in [0.25, 0.3) is 5.56 Å². The fraction of sp³-hybridized carbons (Fsp3) is 0.364. The summed E-state index contributed by atoms with van der Waals surface area (Å²) in [4.78, 5) is 19.2. The van der Waals surface area contributed by atoms with Crippen molar-refractivity contribution in [1.29, 1.82) is 0 Å². The molecule has 1 fully saturated rings. The Balaban J connectivity index is 1.56. The molecule has 1 saturated heterocycles. The molecule has 3 aromatic rings. The maximum absolute atomic E-state index is 13.1. The lowest BCUT2D eigenvalue weighted by Gasteiger charge is -2.25. The van der Waals surface area contributed by atoms with E-state index in [0.29, 0.717) is 34.9 Å². The number of fused-ring (bicyclic) bond motifs is 1. The van der Waals surface area contributed by atoms with Crippen molar-refractivity contribution in [2.45, 2.75) is 17.8 Å². The lowest BCUT2D eigenvalue weighted by atomic mass is 10.2. The van der Waals surface area contributed by atoms with E-state index in [-0.39, 0.29) is 5.56 Å². The number of rotatable bonds is 7. The zero-order chi connectivity index (χ0) is 20.1. The predicted molar refractivity (Wildman–Crippen MR) is 115 cm³/mol. The summed E-state index contributed by atoms with van der Waals surface area (Å²) < 4.78 is 7.10. The van der Waals surface area contributed by atoms with Crippen molar-refractivity contribution in [3.63, 3.8) is 0 Å². The minimum Gasteiger partial charge on any atom is -0.386 e. The molecule has 1 aliphatic heterocycles. The lowest BCUT2D eigenvalue weighted by molar-refractivity contribution is -0.910. The molecule has 0 bridgehead atoms. The Kier molecular flexibility index (Phi) is 6.61. The molecule has 0 unspecified atom stereocenters. The number of hydrogen-bond acceptors (Lipinski definition) is 5. The second-order valence-electron chi connectivity index (χ2n) is 7.32. The van der Waals surface area contributed by atoms with Gasteiger partial charge in [-0.1, -0.05) is 54.2 Å². The van der Waals surface area contributed by atoms with E-state index in [0.717, 1.165) is 31.9 Å². The van der Waals surface area contributed by atoms with Gasteiger partial charge in [0.05, 0.1) is 30.7 Å². The number of nitrogens with zero attached hydrogens (tertiary/aromatic N) is 2. The molecule has 1 atom stereocenters. The van der Waals surface area contributed by atoms with E-state index < -0.39 is 6.10 Å². The van der Waals surface area contributed by atoms with Crippen LogP contribution in [0.1, 0.15) is 5.56 Å². The molecule has 1 aliphatic rings. The molecule has 0 aliphatic carbocycles. The van der Waals surface area contributed by atoms with Crippen molar-refractivity contribution < 1.29 is 14.7 Å². The van der Waals surface area contributed by atoms with Gasteiger partial charge >= 0.3 is 0 Å². The molecule has 0 spiro atoms. The third-order valence-corrected chi connectivity index (χ3v) is 6.26. The molecule has 4 rings (SSSR count). The maximum Gasteiger partial charge on any atom is 0.262 e. The summed E-state index contributed by atoms with van der Waals surface area (Å²) in [6, 6.07) is 17.3. The van der Waals surface area contributed by atoms with Crippen LogP contribution in [-0.4, -0.2) is 59.4 Å². The zero-order valence-electron chi connectivity index (χ0n) is 16.3. The second-order valence-corrected chi connectivity index (χ2v) is 8.31. The van der Waals surface area contributed by atoms with Crippen LogP contribution in [0.5, 0.6) is 0 Å². The Hall–Kier alpha value is -2.19. The molecule has 0 saturated carbocycles. The average Bonchev–Trinajstić information content (AvgIpc) is 2.76. The van der Waals surface area contributed by atoms with Gasteiger partial charge in [0.1, 0.15) is 25.7 Å². The van der Waals surface area contributed by atoms with Crippen LogP contribution >= 0.6 is 11.8 Å². The number of hydrogen-bond donors (Lipinski definition) is 2. The van der Waals surface area contributed by atoms with E-state index in [1.807, 2.05) is 54.6 Å². The van der Waals surface area contributed by atoms with E-state index >= 15 is 0 Å². The highest BCUT2D eigenvalue weighted by Gasteiger charge is 2.20. The molecule has 0 radical (unpaired) electrons. The first-order valence-electron chi connectivity index (χ1n) is 9.96. The van der Waals surface area contributed by atoms with Crippen LogP contribution in [0.2, 0.25) is 0 Å². The van der Waals surface area contributed by atoms with E-state index in [1.165, 1.54) is 16.7 Å². The van der Waals surface area contributed by atoms with Crippen LogP contribution in [0, 0.1) is 0 Å². The molecule has 7 heteroatoms. The maximum atomic E-state index is 13.1. The van der Waals surface area contributed by atoms with Gasteiger partial charge in [0.2, 0.25) is 0 Å². The summed E-state index contributed by atoms with van der Waals surface area (Å²) >= 11 is 1.45. The Morgan fingerprint density at radius 1 is 1.10 bits per heavy atom. The van der Waals surface area contributed by atoms with Gasteiger partial charge in [-0.15, -0.1) is 0 Å². The van der Waals surface area contributed by atoms with Gasteiger partial charge in [-0.3, -0.25) is 9.36 Å². The number of aliphatic hydroxyl groups excluding tert-OH is 1. The van der Waals surface area contributed by atoms with Crippen LogP contribution < -0.4 is 10.5 Å². The Labute approximate surface area is 174 Å². The van der Waals surface area contributed by atoms with Crippen LogP contribution in [0.25, 0.3) is 10.9 Å². The van der Waals surface area contributed by atoms with Gasteiger partial charge in [-0.2, -0.15) is 0 Å². The number of nitrogens with one attached hydrogen (secondary N) is 1. The number of morpholine rings is 1. The molecular formula is C22H26N3O3S+. The van der Waals surface area contributed by atoms with Crippen LogP contribution in [0.3, 0.4) is 0 Å². The standard InChI is InChI=1S/C22H25N3O3S/c26-18(15-24-10-12-28-13-11-24)16-29-22-23-20-9-5-4-8-19(20)21(27)25(22)14-17-6-2-1-3-7-17/h1-9,18,26H,10-16H2/p+1/t18-/m0/s1. The summed E-state index contributed by atoms with van der Waals surface area (Å²) in [6.45, 7) is 4.50. The SMILES string of the molecule is O=c1c2ccccc2nc(SC[C@@H](O)C[NH+]2CCOCC2)n1Cc1ccccc1. The fourth-order valence-electron chi connectivity index (χ4n) is 3.59. The number of benzene rings is 2. The van der Waals surface area contributed by atoms with E-state index in [1.54, 1.807) is 4.57 Å². The first-order valence-corrected chi connectivity index (χ1v) is 10.9. The minimum absolute atomic E-state index is 0.0461. The van der Waals surface area contributed by atoms with E-state index in [9.17, 15) is 9.90 Å². The highest BCUT2D eigenvalue weighted by Crippen LogP contribution is 2.19. The first kappa shape index (κ1) is 20.1. The Bertz CT molecular complexity index is 1000. The van der Waals surface area contributed by atoms with Gasteiger partial charge in [0.15, 0.2) is 5.16 Å². The zero-order valence-corrected chi connectivity index (χ0v) is 17.1. The largest absolute Gasteiger partial charge is 0.386 e. The van der Waals surface area contributed by atoms with Crippen molar-refractivity contribution in [2.75, 3.05) is 38.6 Å². The van der Waals surface area contributed by atoms with Crippen LogP contribution in [0.4, 0.5) is 0 Å².